The zero-order valence-corrected chi connectivity index (χ0v) is 11.6. The summed E-state index contributed by atoms with van der Waals surface area (Å²) in [7, 11) is 0. The van der Waals surface area contributed by atoms with Crippen LogP contribution in [0.5, 0.6) is 0 Å². The first-order chi connectivity index (χ1) is 9.75. The minimum Gasteiger partial charge on any atom is -0.352 e. The number of pyridine rings is 1. The molecule has 0 bridgehead atoms. The van der Waals surface area contributed by atoms with Gasteiger partial charge in [0.25, 0.3) is 0 Å². The fourth-order valence-electron chi connectivity index (χ4n) is 2.87. The van der Waals surface area contributed by atoms with E-state index in [0.717, 1.165) is 32.4 Å². The van der Waals surface area contributed by atoms with E-state index in [2.05, 4.69) is 4.98 Å². The van der Waals surface area contributed by atoms with Crippen LogP contribution in [-0.2, 0) is 4.79 Å². The van der Waals surface area contributed by atoms with Gasteiger partial charge < -0.3 is 9.80 Å². The highest BCUT2D eigenvalue weighted by Gasteiger charge is 2.30. The highest BCUT2D eigenvalue weighted by molar-refractivity contribution is 5.79. The summed E-state index contributed by atoms with van der Waals surface area (Å²) in [5.74, 6) is 0.657. The van der Waals surface area contributed by atoms with Crippen LogP contribution in [0.3, 0.4) is 0 Å². The minimum atomic E-state index is -0.286. The van der Waals surface area contributed by atoms with Crippen LogP contribution < -0.4 is 4.90 Å². The molecule has 0 radical (unpaired) electrons. The van der Waals surface area contributed by atoms with E-state index >= 15 is 0 Å². The van der Waals surface area contributed by atoms with Crippen molar-refractivity contribution in [3.8, 4) is 0 Å². The summed E-state index contributed by atoms with van der Waals surface area (Å²) in [4.78, 5) is 20.3. The molecule has 3 rings (SSSR count). The third kappa shape index (κ3) is 2.62. The normalized spacial score (nSPS) is 20.4. The van der Waals surface area contributed by atoms with Gasteiger partial charge in [-0.2, -0.15) is 0 Å². The lowest BCUT2D eigenvalue weighted by Crippen LogP contribution is -2.41. The number of hydrogen-bond acceptors (Lipinski definition) is 3. The number of anilines is 1. The summed E-state index contributed by atoms with van der Waals surface area (Å²) in [6.07, 6.45) is 5.73. The molecule has 1 amide bonds. The van der Waals surface area contributed by atoms with Crippen LogP contribution in [0, 0.1) is 11.7 Å². The molecule has 0 unspecified atom stereocenters. The molecule has 2 aliphatic rings. The summed E-state index contributed by atoms with van der Waals surface area (Å²) in [5.41, 5.74) is 0. The molecular formula is C15H20FN3O. The molecule has 1 aromatic rings. The van der Waals surface area contributed by atoms with E-state index < -0.39 is 0 Å². The average molecular weight is 277 g/mol. The Hall–Kier alpha value is -1.65. The lowest BCUT2D eigenvalue weighted by atomic mass is 9.84. The van der Waals surface area contributed by atoms with Gasteiger partial charge in [0.1, 0.15) is 0 Å². The van der Waals surface area contributed by atoms with Gasteiger partial charge in [0.2, 0.25) is 5.91 Å². The van der Waals surface area contributed by atoms with Crippen molar-refractivity contribution in [1.29, 1.82) is 0 Å². The average Bonchev–Trinajstić information content (AvgIpc) is 2.63. The number of aromatic nitrogens is 1. The van der Waals surface area contributed by atoms with Crippen LogP contribution in [0.1, 0.15) is 25.7 Å². The van der Waals surface area contributed by atoms with Crippen LogP contribution in [0.15, 0.2) is 18.3 Å². The second-order valence-electron chi connectivity index (χ2n) is 5.60. The molecule has 1 aliphatic carbocycles. The molecule has 1 saturated carbocycles. The Morgan fingerprint density at radius 2 is 2.05 bits per heavy atom. The Labute approximate surface area is 118 Å². The number of carbonyl (C=O) groups is 1. The molecule has 4 nitrogen and oxygen atoms in total. The lowest BCUT2D eigenvalue weighted by molar-refractivity contribution is -0.137. The molecule has 1 aromatic heterocycles. The lowest BCUT2D eigenvalue weighted by Gasteiger charge is -2.31. The van der Waals surface area contributed by atoms with Crippen LogP contribution >= 0.6 is 0 Å². The van der Waals surface area contributed by atoms with Crippen LogP contribution in [0.4, 0.5) is 10.2 Å². The Kier molecular flexibility index (Phi) is 3.85. The Balaban J connectivity index is 1.64. The quantitative estimate of drug-likeness (QED) is 0.830. The number of carbonyl (C=O) groups excluding carboxylic acids is 1. The zero-order chi connectivity index (χ0) is 13.9. The van der Waals surface area contributed by atoms with Gasteiger partial charge in [0, 0.05) is 38.3 Å². The maximum absolute atomic E-state index is 13.8. The van der Waals surface area contributed by atoms with Crippen LogP contribution in [-0.4, -0.2) is 42.0 Å². The van der Waals surface area contributed by atoms with E-state index in [1.807, 2.05) is 9.80 Å². The molecule has 5 heteroatoms. The van der Waals surface area contributed by atoms with Gasteiger partial charge in [-0.05, 0) is 31.4 Å². The Bertz CT molecular complexity index is 490. The van der Waals surface area contributed by atoms with Gasteiger partial charge in [-0.1, -0.05) is 6.42 Å². The number of nitrogens with zero attached hydrogens (tertiary/aromatic N) is 3. The smallest absolute Gasteiger partial charge is 0.225 e. The van der Waals surface area contributed by atoms with Crippen molar-refractivity contribution < 1.29 is 9.18 Å². The molecule has 1 saturated heterocycles. The third-order valence-corrected chi connectivity index (χ3v) is 4.30. The van der Waals surface area contributed by atoms with Crippen LogP contribution in [0.25, 0.3) is 0 Å². The molecule has 0 N–H and O–H groups in total. The maximum atomic E-state index is 13.8. The van der Waals surface area contributed by atoms with Crippen molar-refractivity contribution in [1.82, 2.24) is 9.88 Å². The molecule has 0 atom stereocenters. The molecule has 2 fully saturated rings. The molecule has 108 valence electrons. The predicted molar refractivity (Wildman–Crippen MR) is 74.9 cm³/mol. The zero-order valence-electron chi connectivity index (χ0n) is 11.6. The highest BCUT2D eigenvalue weighted by Crippen LogP contribution is 2.28. The molecule has 20 heavy (non-hydrogen) atoms. The van der Waals surface area contributed by atoms with Gasteiger partial charge in [-0.25, -0.2) is 9.37 Å². The van der Waals surface area contributed by atoms with E-state index in [-0.39, 0.29) is 11.7 Å². The van der Waals surface area contributed by atoms with Crippen molar-refractivity contribution >= 4 is 11.7 Å². The fraction of sp³-hybridized carbons (Fsp3) is 0.600. The summed E-state index contributed by atoms with van der Waals surface area (Å²) in [6, 6.07) is 3.04. The third-order valence-electron chi connectivity index (χ3n) is 4.30. The topological polar surface area (TPSA) is 36.4 Å². The minimum absolute atomic E-state index is 0.244. The summed E-state index contributed by atoms with van der Waals surface area (Å²) in [6.45, 7) is 2.86. The monoisotopic (exact) mass is 277 g/mol. The van der Waals surface area contributed by atoms with Gasteiger partial charge in [-0.15, -0.1) is 0 Å². The van der Waals surface area contributed by atoms with E-state index in [1.165, 1.54) is 12.5 Å². The fourth-order valence-corrected chi connectivity index (χ4v) is 2.87. The van der Waals surface area contributed by atoms with Crippen molar-refractivity contribution in [2.24, 2.45) is 5.92 Å². The molecule has 2 heterocycles. The maximum Gasteiger partial charge on any atom is 0.225 e. The predicted octanol–water partition coefficient (Wildman–Crippen LogP) is 2.06. The number of halogens is 1. The van der Waals surface area contributed by atoms with Gasteiger partial charge in [0.05, 0.1) is 0 Å². The molecule has 1 aliphatic heterocycles. The first-order valence-corrected chi connectivity index (χ1v) is 7.40. The second kappa shape index (κ2) is 5.77. The number of amides is 1. The van der Waals surface area contributed by atoms with E-state index in [0.29, 0.717) is 24.8 Å². The van der Waals surface area contributed by atoms with Crippen LogP contribution in [0.2, 0.25) is 0 Å². The summed E-state index contributed by atoms with van der Waals surface area (Å²) in [5, 5.41) is 0. The van der Waals surface area contributed by atoms with Crippen molar-refractivity contribution in [2.45, 2.75) is 25.7 Å². The Morgan fingerprint density at radius 1 is 1.20 bits per heavy atom. The molecule has 0 aromatic carbocycles. The number of hydrogen-bond donors (Lipinski definition) is 0. The van der Waals surface area contributed by atoms with E-state index in [9.17, 15) is 9.18 Å². The van der Waals surface area contributed by atoms with Crippen molar-refractivity contribution in [3.63, 3.8) is 0 Å². The molecule has 0 spiro atoms. The highest BCUT2D eigenvalue weighted by atomic mass is 19.1. The van der Waals surface area contributed by atoms with Gasteiger partial charge in [0.15, 0.2) is 11.6 Å². The Morgan fingerprint density at radius 3 is 2.75 bits per heavy atom. The van der Waals surface area contributed by atoms with Crippen molar-refractivity contribution in [3.05, 3.63) is 24.1 Å². The molecular weight excluding hydrogens is 257 g/mol. The standard InChI is InChI=1S/C15H20FN3O/c16-13-6-2-7-17-14(13)18-8-3-9-19(11-10-18)15(20)12-4-1-5-12/h2,6-7,12H,1,3-5,8-11H2. The largest absolute Gasteiger partial charge is 0.352 e. The van der Waals surface area contributed by atoms with Gasteiger partial charge in [-0.3, -0.25) is 4.79 Å². The first-order valence-electron chi connectivity index (χ1n) is 7.40. The number of rotatable bonds is 2. The SMILES string of the molecule is O=C(C1CCC1)N1CCCN(c2ncccc2F)CC1. The van der Waals surface area contributed by atoms with Crippen molar-refractivity contribution in [2.75, 3.05) is 31.1 Å². The summed E-state index contributed by atoms with van der Waals surface area (Å²) >= 11 is 0. The summed E-state index contributed by atoms with van der Waals surface area (Å²) < 4.78 is 13.8. The van der Waals surface area contributed by atoms with E-state index in [4.69, 9.17) is 0 Å². The first kappa shape index (κ1) is 13.3. The van der Waals surface area contributed by atoms with Gasteiger partial charge >= 0.3 is 0 Å². The van der Waals surface area contributed by atoms with E-state index in [1.54, 1.807) is 12.3 Å². The second-order valence-corrected chi connectivity index (χ2v) is 5.60.